The molecule has 11 heteroatoms. The topological polar surface area (TPSA) is 157 Å². The van der Waals surface area contributed by atoms with E-state index in [1.807, 2.05) is 0 Å². The molecule has 190 valence electrons. The van der Waals surface area contributed by atoms with Crippen LogP contribution in [0.5, 0.6) is 0 Å². The van der Waals surface area contributed by atoms with Gasteiger partial charge in [-0.15, -0.1) is 0 Å². The van der Waals surface area contributed by atoms with Crippen molar-refractivity contribution in [3.05, 3.63) is 0 Å². The highest BCUT2D eigenvalue weighted by Gasteiger charge is 2.41. The molecule has 0 aliphatic carbocycles. The number of aliphatic hydroxyl groups is 1. The largest absolute Gasteiger partial charge is 0.465 e. The first-order valence-corrected chi connectivity index (χ1v) is 11.1. The number of carbonyl (C=O) groups excluding carboxylic acids is 5. The van der Waals surface area contributed by atoms with E-state index in [1.54, 1.807) is 20.8 Å². The Morgan fingerprint density at radius 3 is 1.76 bits per heavy atom. The Morgan fingerprint density at radius 2 is 1.39 bits per heavy atom. The zero-order valence-corrected chi connectivity index (χ0v) is 20.8. The molecule has 3 amide bonds. The number of likely N-dealkylation sites (N-methyl/N-ethyl adjacent to an activating group) is 2. The summed E-state index contributed by atoms with van der Waals surface area (Å²) >= 11 is 0. The predicted octanol–water partition coefficient (Wildman–Crippen LogP) is 0.219. The molecule has 0 rings (SSSR count). The molecule has 0 aromatic carbocycles. The van der Waals surface area contributed by atoms with Gasteiger partial charge in [-0.2, -0.15) is 0 Å². The highest BCUT2D eigenvalue weighted by atomic mass is 16.6. The Kier molecular flexibility index (Phi) is 12.6. The Balaban J connectivity index is 6.22. The zero-order chi connectivity index (χ0) is 25.9. The third-order valence-electron chi connectivity index (χ3n) is 5.05. The highest BCUT2D eigenvalue weighted by Crippen LogP contribution is 2.21. The molecule has 33 heavy (non-hydrogen) atoms. The van der Waals surface area contributed by atoms with Crippen molar-refractivity contribution in [1.82, 2.24) is 9.80 Å². The van der Waals surface area contributed by atoms with Gasteiger partial charge in [0.05, 0.1) is 18.8 Å². The van der Waals surface area contributed by atoms with E-state index >= 15 is 0 Å². The van der Waals surface area contributed by atoms with Gasteiger partial charge in [0.25, 0.3) is 0 Å². The number of primary amides is 1. The molecule has 0 spiro atoms. The number of esters is 2. The SMILES string of the molecule is CCCC(=O)N(C)C(CC(C(=O)OCC)C(=O)OCC)C(=O)N(C)[C@@H](CC(C)(C)O)C(N)=O. The number of ether oxygens (including phenoxy) is 2. The van der Waals surface area contributed by atoms with Gasteiger partial charge < -0.3 is 30.1 Å². The fourth-order valence-corrected chi connectivity index (χ4v) is 3.28. The first-order chi connectivity index (χ1) is 15.2. The minimum absolute atomic E-state index is 0.00713. The van der Waals surface area contributed by atoms with E-state index in [4.69, 9.17) is 15.2 Å². The van der Waals surface area contributed by atoms with Gasteiger partial charge in [-0.25, -0.2) is 0 Å². The van der Waals surface area contributed by atoms with Crippen LogP contribution < -0.4 is 5.73 Å². The lowest BCUT2D eigenvalue weighted by atomic mass is 9.94. The van der Waals surface area contributed by atoms with Crippen molar-refractivity contribution in [2.75, 3.05) is 27.3 Å². The van der Waals surface area contributed by atoms with Crippen molar-refractivity contribution in [2.45, 2.75) is 78.0 Å². The van der Waals surface area contributed by atoms with Crippen LogP contribution in [0.3, 0.4) is 0 Å². The average Bonchev–Trinajstić information content (AvgIpc) is 2.71. The van der Waals surface area contributed by atoms with E-state index in [-0.39, 0.29) is 32.0 Å². The third kappa shape index (κ3) is 9.77. The fourth-order valence-electron chi connectivity index (χ4n) is 3.28. The van der Waals surface area contributed by atoms with Crippen LogP contribution in [0.2, 0.25) is 0 Å². The summed E-state index contributed by atoms with van der Waals surface area (Å²) in [7, 11) is 2.70. The summed E-state index contributed by atoms with van der Waals surface area (Å²) in [4.78, 5) is 65.3. The van der Waals surface area contributed by atoms with Gasteiger partial charge in [0.2, 0.25) is 17.7 Å². The van der Waals surface area contributed by atoms with Crippen LogP contribution in [-0.4, -0.2) is 89.6 Å². The maximum absolute atomic E-state index is 13.5. The second-order valence-electron chi connectivity index (χ2n) is 8.45. The first-order valence-electron chi connectivity index (χ1n) is 11.1. The number of hydrogen-bond donors (Lipinski definition) is 2. The molecule has 0 aromatic heterocycles. The Hall–Kier alpha value is -2.69. The van der Waals surface area contributed by atoms with Crippen molar-refractivity contribution in [1.29, 1.82) is 0 Å². The standard InChI is InChI=1S/C22H39N3O8/c1-8-11-17(26)24(6)15(12-14(20(29)32-9-2)21(30)33-10-3)19(28)25(7)16(18(23)27)13-22(4,5)31/h14-16,31H,8-13H2,1-7H3,(H2,23,27)/t15?,16-/m0/s1. The Morgan fingerprint density at radius 1 is 0.909 bits per heavy atom. The molecule has 0 bridgehead atoms. The van der Waals surface area contributed by atoms with Crippen LogP contribution >= 0.6 is 0 Å². The van der Waals surface area contributed by atoms with Gasteiger partial charge in [-0.05, 0) is 34.1 Å². The monoisotopic (exact) mass is 473 g/mol. The predicted molar refractivity (Wildman–Crippen MR) is 120 cm³/mol. The van der Waals surface area contributed by atoms with E-state index in [0.29, 0.717) is 6.42 Å². The van der Waals surface area contributed by atoms with Gasteiger partial charge in [0, 0.05) is 33.4 Å². The van der Waals surface area contributed by atoms with Crippen molar-refractivity contribution >= 4 is 29.7 Å². The van der Waals surface area contributed by atoms with Gasteiger partial charge in [0.1, 0.15) is 12.1 Å². The highest BCUT2D eigenvalue weighted by molar-refractivity contribution is 5.97. The van der Waals surface area contributed by atoms with Crippen molar-refractivity contribution < 1.29 is 38.6 Å². The zero-order valence-electron chi connectivity index (χ0n) is 20.8. The van der Waals surface area contributed by atoms with Crippen LogP contribution in [0, 0.1) is 5.92 Å². The van der Waals surface area contributed by atoms with E-state index in [9.17, 15) is 29.1 Å². The lowest BCUT2D eigenvalue weighted by Crippen LogP contribution is -2.56. The molecule has 0 radical (unpaired) electrons. The summed E-state index contributed by atoms with van der Waals surface area (Å²) in [5.41, 5.74) is 4.16. The lowest BCUT2D eigenvalue weighted by molar-refractivity contribution is -0.164. The fraction of sp³-hybridized carbons (Fsp3) is 0.773. The molecule has 3 N–H and O–H groups in total. The number of carbonyl (C=O) groups is 5. The minimum Gasteiger partial charge on any atom is -0.465 e. The van der Waals surface area contributed by atoms with E-state index < -0.39 is 53.8 Å². The molecule has 1 unspecified atom stereocenters. The number of nitrogens with two attached hydrogens (primary N) is 1. The van der Waals surface area contributed by atoms with Crippen LogP contribution in [-0.2, 0) is 33.4 Å². The Bertz CT molecular complexity index is 686. The van der Waals surface area contributed by atoms with Crippen molar-refractivity contribution in [3.8, 4) is 0 Å². The molecule has 0 saturated carbocycles. The van der Waals surface area contributed by atoms with Gasteiger partial charge in [0.15, 0.2) is 5.92 Å². The molecule has 0 fully saturated rings. The summed E-state index contributed by atoms with van der Waals surface area (Å²) in [6.07, 6.45) is 0.0992. The molecular weight excluding hydrogens is 434 g/mol. The number of rotatable bonds is 14. The van der Waals surface area contributed by atoms with Crippen LogP contribution in [0.25, 0.3) is 0 Å². The summed E-state index contributed by atoms with van der Waals surface area (Å²) in [5, 5.41) is 10.2. The van der Waals surface area contributed by atoms with E-state index in [0.717, 1.165) is 9.80 Å². The van der Waals surface area contributed by atoms with Crippen LogP contribution in [0.4, 0.5) is 0 Å². The maximum Gasteiger partial charge on any atom is 0.320 e. The molecule has 0 aliphatic rings. The number of hydrogen-bond acceptors (Lipinski definition) is 8. The molecule has 0 saturated heterocycles. The Labute approximate surface area is 195 Å². The molecular formula is C22H39N3O8. The molecule has 0 aromatic rings. The van der Waals surface area contributed by atoms with Crippen molar-refractivity contribution in [2.24, 2.45) is 11.7 Å². The molecule has 0 heterocycles. The normalized spacial score (nSPS) is 13.1. The smallest absolute Gasteiger partial charge is 0.320 e. The second kappa shape index (κ2) is 13.8. The van der Waals surface area contributed by atoms with E-state index in [1.165, 1.54) is 27.9 Å². The van der Waals surface area contributed by atoms with E-state index in [2.05, 4.69) is 0 Å². The second-order valence-corrected chi connectivity index (χ2v) is 8.45. The maximum atomic E-state index is 13.5. The molecule has 0 aliphatic heterocycles. The summed E-state index contributed by atoms with van der Waals surface area (Å²) in [5.74, 6) is -5.15. The minimum atomic E-state index is -1.45. The third-order valence-corrected chi connectivity index (χ3v) is 5.05. The average molecular weight is 474 g/mol. The number of amides is 3. The van der Waals surface area contributed by atoms with Crippen LogP contribution in [0.15, 0.2) is 0 Å². The van der Waals surface area contributed by atoms with Gasteiger partial charge in [-0.1, -0.05) is 6.92 Å². The quantitative estimate of drug-likeness (QED) is 0.268. The molecule has 11 nitrogen and oxygen atoms in total. The van der Waals surface area contributed by atoms with Crippen LogP contribution in [0.1, 0.15) is 60.3 Å². The van der Waals surface area contributed by atoms with Gasteiger partial charge >= 0.3 is 11.9 Å². The summed E-state index contributed by atoms with van der Waals surface area (Å²) in [6, 6.07) is -2.46. The number of nitrogens with zero attached hydrogens (tertiary/aromatic N) is 2. The first kappa shape index (κ1) is 30.3. The summed E-state index contributed by atoms with van der Waals surface area (Å²) < 4.78 is 9.95. The lowest BCUT2D eigenvalue weighted by Gasteiger charge is -2.36. The summed E-state index contributed by atoms with van der Waals surface area (Å²) in [6.45, 7) is 7.88. The van der Waals surface area contributed by atoms with Gasteiger partial charge in [-0.3, -0.25) is 24.0 Å². The molecule has 2 atom stereocenters. The van der Waals surface area contributed by atoms with Crippen molar-refractivity contribution in [3.63, 3.8) is 0 Å².